The predicted molar refractivity (Wildman–Crippen MR) is 87.4 cm³/mol. The summed E-state index contributed by atoms with van der Waals surface area (Å²) < 4.78 is 13.5. The second-order valence-corrected chi connectivity index (χ2v) is 5.40. The van der Waals surface area contributed by atoms with Gasteiger partial charge in [-0.05, 0) is 36.4 Å². The van der Waals surface area contributed by atoms with E-state index >= 15 is 0 Å². The lowest BCUT2D eigenvalue weighted by molar-refractivity contribution is -0.117. The van der Waals surface area contributed by atoms with E-state index in [1.807, 2.05) is 36.1 Å². The summed E-state index contributed by atoms with van der Waals surface area (Å²) in [5, 5.41) is 3.26. The number of halogens is 2. The van der Waals surface area contributed by atoms with Crippen molar-refractivity contribution in [3.8, 4) is 0 Å². The van der Waals surface area contributed by atoms with Crippen LogP contribution < -0.4 is 5.32 Å². The quantitative estimate of drug-likeness (QED) is 0.874. The SMILES string of the molecule is CCN(CC(=O)Nc1ccccc1F)Cc1cccc(Cl)c1. The minimum atomic E-state index is -0.436. The van der Waals surface area contributed by atoms with E-state index in [9.17, 15) is 9.18 Å². The monoisotopic (exact) mass is 320 g/mol. The molecule has 2 aromatic carbocycles. The molecule has 0 saturated carbocycles. The van der Waals surface area contributed by atoms with Crippen LogP contribution in [0.4, 0.5) is 10.1 Å². The molecule has 0 unspecified atom stereocenters. The van der Waals surface area contributed by atoms with Crippen LogP contribution >= 0.6 is 11.6 Å². The Labute approximate surface area is 134 Å². The first kappa shape index (κ1) is 16.5. The largest absolute Gasteiger partial charge is 0.322 e. The third-order valence-electron chi connectivity index (χ3n) is 3.26. The minimum absolute atomic E-state index is 0.192. The van der Waals surface area contributed by atoms with E-state index in [0.29, 0.717) is 18.1 Å². The number of para-hydroxylation sites is 1. The summed E-state index contributed by atoms with van der Waals surface area (Å²) in [6.07, 6.45) is 0. The van der Waals surface area contributed by atoms with Gasteiger partial charge in [-0.1, -0.05) is 42.8 Å². The fourth-order valence-corrected chi connectivity index (χ4v) is 2.34. The van der Waals surface area contributed by atoms with Crippen molar-refractivity contribution in [1.29, 1.82) is 0 Å². The van der Waals surface area contributed by atoms with Gasteiger partial charge in [-0.25, -0.2) is 4.39 Å². The summed E-state index contributed by atoms with van der Waals surface area (Å²) >= 11 is 5.96. The molecule has 0 radical (unpaired) electrons. The van der Waals surface area contributed by atoms with Gasteiger partial charge in [-0.2, -0.15) is 0 Å². The Balaban J connectivity index is 1.95. The standard InChI is InChI=1S/C17H18ClFN2O/c1-2-21(11-13-6-5-7-14(18)10-13)12-17(22)20-16-9-4-3-8-15(16)19/h3-10H,2,11-12H2,1H3,(H,20,22). The van der Waals surface area contributed by atoms with Crippen LogP contribution in [0.2, 0.25) is 5.02 Å². The summed E-state index contributed by atoms with van der Waals surface area (Å²) in [5.74, 6) is -0.678. The van der Waals surface area contributed by atoms with Gasteiger partial charge in [-0.15, -0.1) is 0 Å². The van der Waals surface area contributed by atoms with Gasteiger partial charge in [0.05, 0.1) is 12.2 Å². The third kappa shape index (κ3) is 4.83. The maximum absolute atomic E-state index is 13.5. The van der Waals surface area contributed by atoms with Crippen molar-refractivity contribution in [1.82, 2.24) is 4.90 Å². The number of hydrogen-bond acceptors (Lipinski definition) is 2. The van der Waals surface area contributed by atoms with Gasteiger partial charge >= 0.3 is 0 Å². The van der Waals surface area contributed by atoms with Crippen LogP contribution in [-0.2, 0) is 11.3 Å². The van der Waals surface area contributed by atoms with Gasteiger partial charge in [-0.3, -0.25) is 9.69 Å². The number of rotatable bonds is 6. The zero-order valence-corrected chi connectivity index (χ0v) is 13.1. The maximum atomic E-state index is 13.5. The lowest BCUT2D eigenvalue weighted by Gasteiger charge is -2.20. The molecule has 0 atom stereocenters. The van der Waals surface area contributed by atoms with Gasteiger partial charge in [0.1, 0.15) is 5.82 Å². The molecule has 2 aromatic rings. The van der Waals surface area contributed by atoms with Crippen LogP contribution in [0, 0.1) is 5.82 Å². The maximum Gasteiger partial charge on any atom is 0.238 e. The van der Waals surface area contributed by atoms with E-state index in [2.05, 4.69) is 5.32 Å². The van der Waals surface area contributed by atoms with Crippen molar-refractivity contribution in [3.63, 3.8) is 0 Å². The van der Waals surface area contributed by atoms with Crippen LogP contribution in [0.5, 0.6) is 0 Å². The highest BCUT2D eigenvalue weighted by atomic mass is 35.5. The van der Waals surface area contributed by atoms with E-state index in [4.69, 9.17) is 11.6 Å². The number of likely N-dealkylation sites (N-methyl/N-ethyl adjacent to an activating group) is 1. The molecule has 1 amide bonds. The molecule has 22 heavy (non-hydrogen) atoms. The molecule has 3 nitrogen and oxygen atoms in total. The number of nitrogens with zero attached hydrogens (tertiary/aromatic N) is 1. The fraction of sp³-hybridized carbons (Fsp3) is 0.235. The van der Waals surface area contributed by atoms with E-state index in [1.54, 1.807) is 18.2 Å². The zero-order chi connectivity index (χ0) is 15.9. The highest BCUT2D eigenvalue weighted by Gasteiger charge is 2.11. The molecule has 0 aliphatic heterocycles. The van der Waals surface area contributed by atoms with Crippen molar-refractivity contribution >= 4 is 23.2 Å². The van der Waals surface area contributed by atoms with Crippen LogP contribution in [-0.4, -0.2) is 23.9 Å². The Morgan fingerprint density at radius 3 is 2.68 bits per heavy atom. The highest BCUT2D eigenvalue weighted by Crippen LogP contribution is 2.14. The molecule has 5 heteroatoms. The molecule has 2 rings (SSSR count). The van der Waals surface area contributed by atoms with Gasteiger partial charge < -0.3 is 5.32 Å². The van der Waals surface area contributed by atoms with Crippen LogP contribution in [0.1, 0.15) is 12.5 Å². The number of amides is 1. The summed E-state index contributed by atoms with van der Waals surface area (Å²) in [6, 6.07) is 13.7. The number of benzene rings is 2. The number of anilines is 1. The molecule has 0 aliphatic rings. The average Bonchev–Trinajstić information content (AvgIpc) is 2.49. The zero-order valence-electron chi connectivity index (χ0n) is 12.4. The van der Waals surface area contributed by atoms with Crippen LogP contribution in [0.25, 0.3) is 0 Å². The van der Waals surface area contributed by atoms with E-state index in [-0.39, 0.29) is 18.1 Å². The van der Waals surface area contributed by atoms with Crippen molar-refractivity contribution in [2.75, 3.05) is 18.4 Å². The average molecular weight is 321 g/mol. The molecule has 1 N–H and O–H groups in total. The summed E-state index contributed by atoms with van der Waals surface area (Å²) in [5.41, 5.74) is 1.24. The Hall–Kier alpha value is -1.91. The molecule has 0 aliphatic carbocycles. The lowest BCUT2D eigenvalue weighted by atomic mass is 10.2. The third-order valence-corrected chi connectivity index (χ3v) is 3.49. The summed E-state index contributed by atoms with van der Waals surface area (Å²) in [7, 11) is 0. The van der Waals surface area contributed by atoms with Crippen molar-refractivity contribution in [2.24, 2.45) is 0 Å². The number of nitrogens with one attached hydrogen (secondary N) is 1. The molecule has 0 saturated heterocycles. The Morgan fingerprint density at radius 1 is 1.23 bits per heavy atom. The molecule has 116 valence electrons. The Morgan fingerprint density at radius 2 is 2.00 bits per heavy atom. The van der Waals surface area contributed by atoms with E-state index < -0.39 is 5.82 Å². The smallest absolute Gasteiger partial charge is 0.238 e. The summed E-state index contributed by atoms with van der Waals surface area (Å²) in [4.78, 5) is 14.0. The topological polar surface area (TPSA) is 32.3 Å². The molecule has 0 spiro atoms. The first-order valence-electron chi connectivity index (χ1n) is 7.09. The van der Waals surface area contributed by atoms with Gasteiger partial charge in [0.2, 0.25) is 5.91 Å². The predicted octanol–water partition coefficient (Wildman–Crippen LogP) is 3.94. The molecule has 0 heterocycles. The molecular weight excluding hydrogens is 303 g/mol. The van der Waals surface area contributed by atoms with Gasteiger partial charge in [0, 0.05) is 11.6 Å². The number of carbonyl (C=O) groups excluding carboxylic acids is 1. The van der Waals surface area contributed by atoms with Gasteiger partial charge in [0.25, 0.3) is 0 Å². The normalized spacial score (nSPS) is 10.7. The van der Waals surface area contributed by atoms with Crippen molar-refractivity contribution in [2.45, 2.75) is 13.5 Å². The highest BCUT2D eigenvalue weighted by molar-refractivity contribution is 6.30. The second-order valence-electron chi connectivity index (χ2n) is 4.96. The van der Waals surface area contributed by atoms with Crippen molar-refractivity contribution in [3.05, 3.63) is 64.9 Å². The van der Waals surface area contributed by atoms with Crippen molar-refractivity contribution < 1.29 is 9.18 Å². The molecule has 0 aromatic heterocycles. The first-order chi connectivity index (χ1) is 10.6. The number of hydrogen-bond donors (Lipinski definition) is 1. The van der Waals surface area contributed by atoms with Gasteiger partial charge in [0.15, 0.2) is 0 Å². The second kappa shape index (κ2) is 7.92. The first-order valence-corrected chi connectivity index (χ1v) is 7.47. The van der Waals surface area contributed by atoms with E-state index in [0.717, 1.165) is 5.56 Å². The molecule has 0 bridgehead atoms. The summed E-state index contributed by atoms with van der Waals surface area (Å²) in [6.45, 7) is 3.48. The minimum Gasteiger partial charge on any atom is -0.322 e. The van der Waals surface area contributed by atoms with Crippen LogP contribution in [0.3, 0.4) is 0 Å². The molecular formula is C17H18ClFN2O. The Bertz CT molecular complexity index is 648. The fourth-order valence-electron chi connectivity index (χ4n) is 2.13. The van der Waals surface area contributed by atoms with Crippen LogP contribution in [0.15, 0.2) is 48.5 Å². The Kier molecular flexibility index (Phi) is 5.92. The lowest BCUT2D eigenvalue weighted by Crippen LogP contribution is -2.32. The molecule has 0 fully saturated rings. The van der Waals surface area contributed by atoms with E-state index in [1.165, 1.54) is 6.07 Å². The number of carbonyl (C=O) groups is 1.